The number of nitrogen functional groups attached to an aromatic ring is 1. The zero-order valence-electron chi connectivity index (χ0n) is 11.3. The van der Waals surface area contributed by atoms with Crippen molar-refractivity contribution in [2.45, 2.75) is 18.9 Å². The highest BCUT2D eigenvalue weighted by Crippen LogP contribution is 2.36. The molecule has 1 aliphatic rings. The summed E-state index contributed by atoms with van der Waals surface area (Å²) in [6.07, 6.45) is 0.519. The van der Waals surface area contributed by atoms with E-state index in [1.54, 1.807) is 18.2 Å². The zero-order valence-corrected chi connectivity index (χ0v) is 12.8. The lowest BCUT2D eigenvalue weighted by atomic mass is 9.98. The van der Waals surface area contributed by atoms with Gasteiger partial charge in [-0.2, -0.15) is 0 Å². The highest BCUT2D eigenvalue weighted by molar-refractivity contribution is 6.31. The lowest BCUT2D eigenvalue weighted by Gasteiger charge is -2.16. The van der Waals surface area contributed by atoms with Crippen molar-refractivity contribution in [3.05, 3.63) is 57.1 Å². The van der Waals surface area contributed by atoms with Crippen LogP contribution in [0.25, 0.3) is 0 Å². The van der Waals surface area contributed by atoms with Crippen LogP contribution < -0.4 is 10.5 Å². The molecule has 1 unspecified atom stereocenters. The molecule has 0 bridgehead atoms. The summed E-state index contributed by atoms with van der Waals surface area (Å²) in [5.41, 5.74) is 9.05. The monoisotopic (exact) mass is 323 g/mol. The number of benzene rings is 2. The van der Waals surface area contributed by atoms with Crippen molar-refractivity contribution < 1.29 is 9.84 Å². The summed E-state index contributed by atoms with van der Waals surface area (Å²) in [6.45, 7) is 0.655. The summed E-state index contributed by atoms with van der Waals surface area (Å²) < 4.78 is 5.65. The standard InChI is InChI=1S/C16H15Cl2NO2/c17-11-1-2-13(14(19)8-11)15(20)7-10-6-12(18)5-9-3-4-21-16(9)10/h1-2,5-6,8,15,20H,3-4,7,19H2. The van der Waals surface area contributed by atoms with Crippen molar-refractivity contribution >= 4 is 28.9 Å². The van der Waals surface area contributed by atoms with E-state index in [1.165, 1.54) is 0 Å². The molecule has 5 heteroatoms. The average molecular weight is 324 g/mol. The predicted octanol–water partition coefficient (Wildman–Crippen LogP) is 3.79. The Kier molecular flexibility index (Phi) is 3.98. The van der Waals surface area contributed by atoms with Gasteiger partial charge in [0.15, 0.2) is 0 Å². The lowest BCUT2D eigenvalue weighted by Crippen LogP contribution is -2.06. The van der Waals surface area contributed by atoms with Gasteiger partial charge in [0.2, 0.25) is 0 Å². The van der Waals surface area contributed by atoms with Crippen molar-refractivity contribution in [1.29, 1.82) is 0 Å². The summed E-state index contributed by atoms with van der Waals surface area (Å²) in [7, 11) is 0. The van der Waals surface area contributed by atoms with E-state index < -0.39 is 6.10 Å². The minimum atomic E-state index is -0.728. The first-order valence-corrected chi connectivity index (χ1v) is 7.47. The van der Waals surface area contributed by atoms with Crippen LogP contribution in [0.5, 0.6) is 5.75 Å². The molecule has 0 radical (unpaired) electrons. The Balaban J connectivity index is 1.90. The highest BCUT2D eigenvalue weighted by Gasteiger charge is 2.21. The van der Waals surface area contributed by atoms with Gasteiger partial charge in [-0.3, -0.25) is 0 Å². The predicted molar refractivity (Wildman–Crippen MR) is 85.2 cm³/mol. The van der Waals surface area contributed by atoms with Crippen molar-refractivity contribution in [2.75, 3.05) is 12.3 Å². The van der Waals surface area contributed by atoms with Gasteiger partial charge in [0.1, 0.15) is 5.75 Å². The first-order chi connectivity index (χ1) is 10.0. The molecule has 0 fully saturated rings. The minimum Gasteiger partial charge on any atom is -0.493 e. The topological polar surface area (TPSA) is 55.5 Å². The zero-order chi connectivity index (χ0) is 15.0. The second-order valence-electron chi connectivity index (χ2n) is 5.14. The molecule has 3 rings (SSSR count). The van der Waals surface area contributed by atoms with E-state index in [1.807, 2.05) is 12.1 Å². The number of anilines is 1. The van der Waals surface area contributed by atoms with Crippen LogP contribution in [0.3, 0.4) is 0 Å². The summed E-state index contributed by atoms with van der Waals surface area (Å²) in [5.74, 6) is 0.839. The van der Waals surface area contributed by atoms with Gasteiger partial charge < -0.3 is 15.6 Å². The Labute approximate surface area is 133 Å². The molecule has 0 saturated heterocycles. The minimum absolute atomic E-state index is 0.398. The second-order valence-corrected chi connectivity index (χ2v) is 6.02. The largest absolute Gasteiger partial charge is 0.493 e. The Morgan fingerprint density at radius 3 is 2.76 bits per heavy atom. The summed E-state index contributed by atoms with van der Waals surface area (Å²) in [4.78, 5) is 0. The van der Waals surface area contributed by atoms with Crippen LogP contribution in [0.4, 0.5) is 5.69 Å². The maximum Gasteiger partial charge on any atom is 0.126 e. The number of ether oxygens (including phenoxy) is 1. The van der Waals surface area contributed by atoms with E-state index in [0.717, 1.165) is 23.3 Å². The number of nitrogens with two attached hydrogens (primary N) is 1. The molecule has 0 saturated carbocycles. The number of hydrogen-bond donors (Lipinski definition) is 2. The third kappa shape index (κ3) is 2.95. The number of aliphatic hydroxyl groups excluding tert-OH is 1. The molecule has 2 aromatic carbocycles. The molecule has 0 aliphatic carbocycles. The van der Waals surface area contributed by atoms with E-state index in [-0.39, 0.29) is 0 Å². The van der Waals surface area contributed by atoms with Crippen LogP contribution in [0, 0.1) is 0 Å². The fraction of sp³-hybridized carbons (Fsp3) is 0.250. The first-order valence-electron chi connectivity index (χ1n) is 6.71. The van der Waals surface area contributed by atoms with Crippen LogP contribution in [0.2, 0.25) is 10.0 Å². The Bertz CT molecular complexity index is 688. The maximum absolute atomic E-state index is 10.4. The third-order valence-corrected chi connectivity index (χ3v) is 4.10. The van der Waals surface area contributed by atoms with E-state index in [2.05, 4.69) is 0 Å². The molecule has 0 spiro atoms. The number of rotatable bonds is 3. The number of fused-ring (bicyclic) bond motifs is 1. The Morgan fingerprint density at radius 1 is 1.19 bits per heavy atom. The van der Waals surface area contributed by atoms with Gasteiger partial charge in [0.05, 0.1) is 12.7 Å². The van der Waals surface area contributed by atoms with E-state index in [9.17, 15) is 5.11 Å². The second kappa shape index (κ2) is 5.76. The number of hydrogen-bond acceptors (Lipinski definition) is 3. The van der Waals surface area contributed by atoms with Gasteiger partial charge in [-0.1, -0.05) is 29.3 Å². The van der Waals surface area contributed by atoms with Gasteiger partial charge in [0.25, 0.3) is 0 Å². The van der Waals surface area contributed by atoms with Crippen LogP contribution in [0.15, 0.2) is 30.3 Å². The average Bonchev–Trinajstić information content (AvgIpc) is 2.86. The molecule has 1 atom stereocenters. The van der Waals surface area contributed by atoms with E-state index >= 15 is 0 Å². The van der Waals surface area contributed by atoms with Crippen LogP contribution >= 0.6 is 23.2 Å². The molecule has 1 heterocycles. The summed E-state index contributed by atoms with van der Waals surface area (Å²) in [5, 5.41) is 11.7. The molecule has 21 heavy (non-hydrogen) atoms. The fourth-order valence-corrected chi connectivity index (χ4v) is 3.11. The smallest absolute Gasteiger partial charge is 0.126 e. The molecule has 0 amide bonds. The van der Waals surface area contributed by atoms with Crippen molar-refractivity contribution in [3.8, 4) is 5.75 Å². The lowest BCUT2D eigenvalue weighted by molar-refractivity contribution is 0.178. The van der Waals surface area contributed by atoms with Crippen molar-refractivity contribution in [1.82, 2.24) is 0 Å². The molecule has 2 aromatic rings. The van der Waals surface area contributed by atoms with Gasteiger partial charge in [-0.05, 0) is 35.4 Å². The SMILES string of the molecule is Nc1cc(Cl)ccc1C(O)Cc1cc(Cl)cc2c1OCC2. The first kappa shape index (κ1) is 14.5. The number of halogens is 2. The Morgan fingerprint density at radius 2 is 2.00 bits per heavy atom. The molecule has 1 aliphatic heterocycles. The van der Waals surface area contributed by atoms with Crippen LogP contribution in [-0.4, -0.2) is 11.7 Å². The van der Waals surface area contributed by atoms with Gasteiger partial charge in [-0.15, -0.1) is 0 Å². The van der Waals surface area contributed by atoms with Crippen molar-refractivity contribution in [2.24, 2.45) is 0 Å². The molecule has 0 aromatic heterocycles. The highest BCUT2D eigenvalue weighted by atomic mass is 35.5. The molecular formula is C16H15Cl2NO2. The van der Waals surface area contributed by atoms with Gasteiger partial charge in [-0.25, -0.2) is 0 Å². The van der Waals surface area contributed by atoms with Crippen molar-refractivity contribution in [3.63, 3.8) is 0 Å². The molecule has 3 nitrogen and oxygen atoms in total. The van der Waals surface area contributed by atoms with Gasteiger partial charge in [0, 0.05) is 34.1 Å². The molecule has 3 N–H and O–H groups in total. The molecular weight excluding hydrogens is 309 g/mol. The van der Waals surface area contributed by atoms with Gasteiger partial charge >= 0.3 is 0 Å². The quantitative estimate of drug-likeness (QED) is 0.845. The third-order valence-electron chi connectivity index (χ3n) is 3.65. The van der Waals surface area contributed by atoms with Crippen LogP contribution in [-0.2, 0) is 12.8 Å². The molecule has 110 valence electrons. The summed E-state index contributed by atoms with van der Waals surface area (Å²) >= 11 is 12.0. The Hall–Kier alpha value is -1.42. The summed E-state index contributed by atoms with van der Waals surface area (Å²) in [6, 6.07) is 8.85. The van der Waals surface area contributed by atoms with E-state index in [4.69, 9.17) is 33.7 Å². The maximum atomic E-state index is 10.4. The fourth-order valence-electron chi connectivity index (χ4n) is 2.66. The van der Waals surface area contributed by atoms with E-state index in [0.29, 0.717) is 34.3 Å². The van der Waals surface area contributed by atoms with Crippen LogP contribution in [0.1, 0.15) is 22.8 Å². The normalized spacial score (nSPS) is 14.6. The number of aliphatic hydroxyl groups is 1.